The van der Waals surface area contributed by atoms with Crippen molar-refractivity contribution in [2.45, 2.75) is 38.6 Å². The van der Waals surface area contributed by atoms with Gasteiger partial charge >= 0.3 is 5.97 Å². The van der Waals surface area contributed by atoms with Crippen molar-refractivity contribution in [1.82, 2.24) is 4.90 Å². The van der Waals surface area contributed by atoms with Crippen molar-refractivity contribution in [2.75, 3.05) is 33.4 Å². The minimum Gasteiger partial charge on any atom is -0.469 e. The minimum absolute atomic E-state index is 0.0848. The summed E-state index contributed by atoms with van der Waals surface area (Å²) in [6.07, 6.45) is 1.25. The number of nitrogens with two attached hydrogens (primary N) is 1. The SMILES string of the molecule is COC(=O)CCN(CC(C)C)C(=O)C1(N)CCOCC1. The molecule has 1 fully saturated rings. The van der Waals surface area contributed by atoms with Gasteiger partial charge in [0, 0.05) is 26.3 Å². The van der Waals surface area contributed by atoms with Crippen LogP contribution >= 0.6 is 0 Å². The summed E-state index contributed by atoms with van der Waals surface area (Å²) in [7, 11) is 1.35. The van der Waals surface area contributed by atoms with Crippen LogP contribution in [0, 0.1) is 5.92 Å². The molecule has 0 saturated carbocycles. The van der Waals surface area contributed by atoms with Crippen molar-refractivity contribution in [1.29, 1.82) is 0 Å². The van der Waals surface area contributed by atoms with Crippen LogP contribution in [0.25, 0.3) is 0 Å². The summed E-state index contributed by atoms with van der Waals surface area (Å²) in [6, 6.07) is 0. The van der Waals surface area contributed by atoms with Crippen LogP contribution in [0.1, 0.15) is 33.1 Å². The Morgan fingerprint density at radius 1 is 1.35 bits per heavy atom. The number of amides is 1. The highest BCUT2D eigenvalue weighted by Gasteiger charge is 2.39. The summed E-state index contributed by atoms with van der Waals surface area (Å²) >= 11 is 0. The van der Waals surface area contributed by atoms with E-state index in [2.05, 4.69) is 4.74 Å². The minimum atomic E-state index is -0.858. The summed E-state index contributed by atoms with van der Waals surface area (Å²) in [5.74, 6) is -0.0805. The summed E-state index contributed by atoms with van der Waals surface area (Å²) in [6.45, 7) is 6.03. The number of ether oxygens (including phenoxy) is 2. The van der Waals surface area contributed by atoms with Crippen LogP contribution in [0.4, 0.5) is 0 Å². The molecule has 1 aliphatic rings. The zero-order valence-electron chi connectivity index (χ0n) is 12.7. The predicted molar refractivity (Wildman–Crippen MR) is 75.0 cm³/mol. The second kappa shape index (κ2) is 7.59. The fourth-order valence-corrected chi connectivity index (χ4v) is 2.31. The molecule has 6 heteroatoms. The number of esters is 1. The number of methoxy groups -OCH3 is 1. The Kier molecular flexibility index (Phi) is 6.42. The molecule has 1 aliphatic heterocycles. The Hall–Kier alpha value is -1.14. The van der Waals surface area contributed by atoms with Crippen molar-refractivity contribution >= 4 is 11.9 Å². The number of nitrogens with zero attached hydrogens (tertiary/aromatic N) is 1. The molecule has 0 aromatic heterocycles. The standard InChI is InChI=1S/C14H26N2O4/c1-11(2)10-16(7-4-12(17)19-3)13(18)14(15)5-8-20-9-6-14/h11H,4-10,15H2,1-3H3. The highest BCUT2D eigenvalue weighted by molar-refractivity contribution is 5.86. The largest absolute Gasteiger partial charge is 0.469 e. The van der Waals surface area contributed by atoms with Crippen LogP contribution < -0.4 is 5.73 Å². The number of hydrogen-bond acceptors (Lipinski definition) is 5. The van der Waals surface area contributed by atoms with E-state index in [1.807, 2.05) is 13.8 Å². The lowest BCUT2D eigenvalue weighted by atomic mass is 9.89. The highest BCUT2D eigenvalue weighted by Crippen LogP contribution is 2.21. The molecular formula is C14H26N2O4. The highest BCUT2D eigenvalue weighted by atomic mass is 16.5. The molecule has 1 amide bonds. The van der Waals surface area contributed by atoms with Crippen LogP contribution in [0.2, 0.25) is 0 Å². The van der Waals surface area contributed by atoms with Crippen molar-refractivity contribution < 1.29 is 19.1 Å². The molecule has 0 bridgehead atoms. The van der Waals surface area contributed by atoms with Crippen LogP contribution in [-0.2, 0) is 19.1 Å². The van der Waals surface area contributed by atoms with Gasteiger partial charge in [-0.15, -0.1) is 0 Å². The molecule has 0 radical (unpaired) electrons. The van der Waals surface area contributed by atoms with E-state index >= 15 is 0 Å². The molecule has 0 aromatic carbocycles. The Bertz CT molecular complexity index is 338. The fourth-order valence-electron chi connectivity index (χ4n) is 2.31. The van der Waals surface area contributed by atoms with E-state index in [0.717, 1.165) is 0 Å². The second-order valence-electron chi connectivity index (χ2n) is 5.74. The first-order valence-electron chi connectivity index (χ1n) is 7.12. The van der Waals surface area contributed by atoms with Gasteiger partial charge in [0.2, 0.25) is 5.91 Å². The topological polar surface area (TPSA) is 81.9 Å². The first-order valence-corrected chi connectivity index (χ1v) is 7.12. The average Bonchev–Trinajstić information content (AvgIpc) is 2.42. The molecule has 0 aromatic rings. The summed E-state index contributed by atoms with van der Waals surface area (Å²) in [4.78, 5) is 25.6. The van der Waals surface area contributed by atoms with Crippen LogP contribution in [0.3, 0.4) is 0 Å². The van der Waals surface area contributed by atoms with Crippen molar-refractivity contribution in [3.05, 3.63) is 0 Å². The third-order valence-electron chi connectivity index (χ3n) is 3.50. The van der Waals surface area contributed by atoms with E-state index in [0.29, 0.717) is 45.1 Å². The Morgan fingerprint density at radius 2 is 1.95 bits per heavy atom. The Labute approximate surface area is 120 Å². The Morgan fingerprint density at radius 3 is 2.45 bits per heavy atom. The summed E-state index contributed by atoms with van der Waals surface area (Å²) in [5.41, 5.74) is 5.37. The van der Waals surface area contributed by atoms with E-state index in [4.69, 9.17) is 10.5 Å². The smallest absolute Gasteiger partial charge is 0.307 e. The molecule has 116 valence electrons. The molecule has 20 heavy (non-hydrogen) atoms. The van der Waals surface area contributed by atoms with Crippen molar-refractivity contribution in [3.63, 3.8) is 0 Å². The van der Waals surface area contributed by atoms with Gasteiger partial charge in [0.15, 0.2) is 0 Å². The third kappa shape index (κ3) is 4.76. The lowest BCUT2D eigenvalue weighted by Gasteiger charge is -2.37. The number of carbonyl (C=O) groups excluding carboxylic acids is 2. The molecule has 0 aliphatic carbocycles. The molecule has 0 unspecified atom stereocenters. The second-order valence-corrected chi connectivity index (χ2v) is 5.74. The molecular weight excluding hydrogens is 260 g/mol. The maximum absolute atomic E-state index is 12.6. The number of rotatable bonds is 6. The summed E-state index contributed by atoms with van der Waals surface area (Å²) < 4.78 is 9.89. The van der Waals surface area contributed by atoms with Gasteiger partial charge in [-0.3, -0.25) is 9.59 Å². The predicted octanol–water partition coefficient (Wildman–Crippen LogP) is 0.542. The van der Waals surface area contributed by atoms with Gasteiger partial charge in [0.1, 0.15) is 0 Å². The molecule has 1 rings (SSSR count). The molecule has 0 spiro atoms. The zero-order chi connectivity index (χ0) is 15.2. The summed E-state index contributed by atoms with van der Waals surface area (Å²) in [5, 5.41) is 0. The first kappa shape index (κ1) is 16.9. The van der Waals surface area contributed by atoms with E-state index in [1.54, 1.807) is 4.90 Å². The van der Waals surface area contributed by atoms with E-state index in [1.165, 1.54) is 7.11 Å². The molecule has 1 heterocycles. The molecule has 6 nitrogen and oxygen atoms in total. The Balaban J connectivity index is 2.70. The lowest BCUT2D eigenvalue weighted by molar-refractivity contribution is -0.144. The van der Waals surface area contributed by atoms with Gasteiger partial charge in [-0.2, -0.15) is 0 Å². The lowest BCUT2D eigenvalue weighted by Crippen LogP contribution is -2.58. The normalized spacial score (nSPS) is 17.9. The van der Waals surface area contributed by atoms with Crippen LogP contribution in [0.15, 0.2) is 0 Å². The quantitative estimate of drug-likeness (QED) is 0.721. The number of carbonyl (C=O) groups is 2. The number of hydrogen-bond donors (Lipinski definition) is 1. The van der Waals surface area contributed by atoms with Gasteiger partial charge in [-0.05, 0) is 18.8 Å². The van der Waals surface area contributed by atoms with Gasteiger partial charge in [0.25, 0.3) is 0 Å². The maximum atomic E-state index is 12.6. The van der Waals surface area contributed by atoms with E-state index in [-0.39, 0.29) is 18.3 Å². The molecule has 1 saturated heterocycles. The van der Waals surface area contributed by atoms with Crippen LogP contribution in [-0.4, -0.2) is 55.7 Å². The van der Waals surface area contributed by atoms with Crippen LogP contribution in [0.5, 0.6) is 0 Å². The van der Waals surface area contributed by atoms with Gasteiger partial charge in [-0.25, -0.2) is 0 Å². The molecule has 2 N–H and O–H groups in total. The first-order chi connectivity index (χ1) is 9.39. The zero-order valence-corrected chi connectivity index (χ0v) is 12.7. The van der Waals surface area contributed by atoms with Gasteiger partial charge in [0.05, 0.1) is 19.1 Å². The van der Waals surface area contributed by atoms with Crippen molar-refractivity contribution in [2.24, 2.45) is 11.7 Å². The van der Waals surface area contributed by atoms with E-state index < -0.39 is 5.54 Å². The van der Waals surface area contributed by atoms with Gasteiger partial charge in [-0.1, -0.05) is 13.8 Å². The van der Waals surface area contributed by atoms with E-state index in [9.17, 15) is 9.59 Å². The maximum Gasteiger partial charge on any atom is 0.307 e. The third-order valence-corrected chi connectivity index (χ3v) is 3.50. The van der Waals surface area contributed by atoms with Crippen molar-refractivity contribution in [3.8, 4) is 0 Å². The average molecular weight is 286 g/mol. The molecule has 0 atom stereocenters. The monoisotopic (exact) mass is 286 g/mol. The van der Waals surface area contributed by atoms with Gasteiger partial charge < -0.3 is 20.1 Å². The fraction of sp³-hybridized carbons (Fsp3) is 0.857.